The van der Waals surface area contributed by atoms with E-state index in [4.69, 9.17) is 4.74 Å². The van der Waals surface area contributed by atoms with Crippen LogP contribution in [-0.4, -0.2) is 43.1 Å². The summed E-state index contributed by atoms with van der Waals surface area (Å²) in [5.41, 5.74) is 0.677. The topological polar surface area (TPSA) is 41.6 Å². The number of hydrogen-bond acceptors (Lipinski definition) is 3. The van der Waals surface area contributed by atoms with Crippen LogP contribution >= 0.6 is 0 Å². The van der Waals surface area contributed by atoms with Gasteiger partial charge < -0.3 is 15.0 Å². The molecule has 0 saturated heterocycles. The van der Waals surface area contributed by atoms with Crippen LogP contribution in [0.2, 0.25) is 0 Å². The van der Waals surface area contributed by atoms with E-state index in [1.54, 1.807) is 0 Å². The normalized spacial score (nSPS) is 21.0. The fourth-order valence-electron chi connectivity index (χ4n) is 2.90. The lowest BCUT2D eigenvalue weighted by atomic mass is 10.1. The summed E-state index contributed by atoms with van der Waals surface area (Å²) in [6.07, 6.45) is 3.34. The van der Waals surface area contributed by atoms with E-state index >= 15 is 0 Å². The van der Waals surface area contributed by atoms with E-state index in [2.05, 4.69) is 19.2 Å². The molecule has 1 N–H and O–H groups in total. The summed E-state index contributed by atoms with van der Waals surface area (Å²) in [4.78, 5) is 14.7. The smallest absolute Gasteiger partial charge is 0.257 e. The molecular formula is C19H30N2O2. The SMILES string of the molecule is CCN1CCCCCN[C@@H](C(C)C)COc2ccccc2C1=O. The van der Waals surface area contributed by atoms with Gasteiger partial charge in [0.1, 0.15) is 12.4 Å². The molecule has 0 aromatic heterocycles. The van der Waals surface area contributed by atoms with Gasteiger partial charge in [0.15, 0.2) is 0 Å². The lowest BCUT2D eigenvalue weighted by Gasteiger charge is -2.24. The molecular weight excluding hydrogens is 288 g/mol. The minimum atomic E-state index is 0.0800. The molecule has 1 aromatic carbocycles. The number of carbonyl (C=O) groups excluding carboxylic acids is 1. The Morgan fingerprint density at radius 2 is 2.04 bits per heavy atom. The maximum Gasteiger partial charge on any atom is 0.257 e. The number of benzene rings is 1. The summed E-state index contributed by atoms with van der Waals surface area (Å²) in [5, 5.41) is 3.60. The van der Waals surface area contributed by atoms with Gasteiger partial charge in [0.25, 0.3) is 5.91 Å². The third-order valence-electron chi connectivity index (χ3n) is 4.52. The Hall–Kier alpha value is -1.55. The third-order valence-corrected chi connectivity index (χ3v) is 4.52. The van der Waals surface area contributed by atoms with E-state index in [-0.39, 0.29) is 5.91 Å². The Kier molecular flexibility index (Phi) is 6.90. The number of nitrogens with zero attached hydrogens (tertiary/aromatic N) is 1. The molecule has 23 heavy (non-hydrogen) atoms. The van der Waals surface area contributed by atoms with Gasteiger partial charge in [-0.05, 0) is 44.4 Å². The number of ether oxygens (including phenoxy) is 1. The summed E-state index contributed by atoms with van der Waals surface area (Å²) in [6, 6.07) is 7.92. The van der Waals surface area contributed by atoms with Crippen molar-refractivity contribution >= 4 is 5.91 Å². The molecule has 1 aliphatic rings. The molecule has 0 fully saturated rings. The average molecular weight is 318 g/mol. The molecule has 0 bridgehead atoms. The van der Waals surface area contributed by atoms with Gasteiger partial charge >= 0.3 is 0 Å². The van der Waals surface area contributed by atoms with Crippen LogP contribution in [0.4, 0.5) is 0 Å². The lowest BCUT2D eigenvalue weighted by Crippen LogP contribution is -2.39. The van der Waals surface area contributed by atoms with Gasteiger partial charge in [-0.15, -0.1) is 0 Å². The summed E-state index contributed by atoms with van der Waals surface area (Å²) in [7, 11) is 0. The van der Waals surface area contributed by atoms with Crippen LogP contribution in [-0.2, 0) is 0 Å². The van der Waals surface area contributed by atoms with Crippen molar-refractivity contribution in [1.29, 1.82) is 0 Å². The zero-order valence-electron chi connectivity index (χ0n) is 14.7. The number of fused-ring (bicyclic) bond motifs is 1. The van der Waals surface area contributed by atoms with Crippen LogP contribution in [0.5, 0.6) is 5.75 Å². The second kappa shape index (κ2) is 8.92. The van der Waals surface area contributed by atoms with Crippen molar-refractivity contribution < 1.29 is 9.53 Å². The van der Waals surface area contributed by atoms with Crippen LogP contribution in [0.1, 0.15) is 50.4 Å². The maximum atomic E-state index is 12.8. The number of rotatable bonds is 2. The van der Waals surface area contributed by atoms with Gasteiger partial charge in [-0.3, -0.25) is 4.79 Å². The molecule has 4 heteroatoms. The first-order valence-corrected chi connectivity index (χ1v) is 8.88. The van der Waals surface area contributed by atoms with Gasteiger partial charge in [0.2, 0.25) is 0 Å². The fraction of sp³-hybridized carbons (Fsp3) is 0.632. The predicted octanol–water partition coefficient (Wildman–Crippen LogP) is 3.33. The number of nitrogens with one attached hydrogen (secondary N) is 1. The van der Waals surface area contributed by atoms with E-state index in [9.17, 15) is 4.79 Å². The molecule has 0 spiro atoms. The second-order valence-electron chi connectivity index (χ2n) is 6.56. The highest BCUT2D eigenvalue weighted by molar-refractivity contribution is 5.96. The van der Waals surface area contributed by atoms with Crippen molar-refractivity contribution in [2.24, 2.45) is 5.92 Å². The Bertz CT molecular complexity index is 502. The first-order valence-electron chi connectivity index (χ1n) is 8.88. The van der Waals surface area contributed by atoms with Gasteiger partial charge in [0.05, 0.1) is 5.56 Å². The van der Waals surface area contributed by atoms with Crippen LogP contribution in [0.25, 0.3) is 0 Å². The van der Waals surface area contributed by atoms with Gasteiger partial charge in [-0.1, -0.05) is 32.4 Å². The van der Waals surface area contributed by atoms with Crippen molar-refractivity contribution in [3.63, 3.8) is 0 Å². The third kappa shape index (κ3) is 4.96. The van der Waals surface area contributed by atoms with E-state index < -0.39 is 0 Å². The van der Waals surface area contributed by atoms with Crippen molar-refractivity contribution in [2.75, 3.05) is 26.2 Å². The highest BCUT2D eigenvalue weighted by atomic mass is 16.5. The van der Waals surface area contributed by atoms with E-state index in [0.717, 1.165) is 38.9 Å². The quantitative estimate of drug-likeness (QED) is 0.909. The van der Waals surface area contributed by atoms with Gasteiger partial charge in [0, 0.05) is 19.1 Å². The molecule has 1 aliphatic heterocycles. The standard InChI is InChI=1S/C19H30N2O2/c1-4-21-13-9-5-8-12-20-17(15(2)3)14-23-18-11-7-6-10-16(18)19(21)22/h6-7,10-11,15,17,20H,4-5,8-9,12-14H2,1-3H3/t17-/m1/s1. The summed E-state index contributed by atoms with van der Waals surface area (Å²) in [5.74, 6) is 1.27. The van der Waals surface area contributed by atoms with E-state index in [1.165, 1.54) is 0 Å². The number of carbonyl (C=O) groups is 1. The second-order valence-corrected chi connectivity index (χ2v) is 6.56. The number of para-hydroxylation sites is 1. The average Bonchev–Trinajstić information content (AvgIpc) is 2.57. The maximum absolute atomic E-state index is 12.8. The van der Waals surface area contributed by atoms with E-state index in [0.29, 0.717) is 29.9 Å². The minimum Gasteiger partial charge on any atom is -0.491 e. The van der Waals surface area contributed by atoms with Gasteiger partial charge in [-0.2, -0.15) is 0 Å². The Labute approximate surface area is 140 Å². The summed E-state index contributed by atoms with van der Waals surface area (Å²) in [6.45, 7) is 9.60. The van der Waals surface area contributed by atoms with Gasteiger partial charge in [-0.25, -0.2) is 0 Å². The zero-order valence-corrected chi connectivity index (χ0v) is 14.7. The van der Waals surface area contributed by atoms with Crippen molar-refractivity contribution in [3.05, 3.63) is 29.8 Å². The molecule has 1 heterocycles. The van der Waals surface area contributed by atoms with Crippen LogP contribution < -0.4 is 10.1 Å². The molecule has 1 amide bonds. The monoisotopic (exact) mass is 318 g/mol. The number of hydrogen-bond donors (Lipinski definition) is 1. The Morgan fingerprint density at radius 1 is 1.26 bits per heavy atom. The van der Waals surface area contributed by atoms with Crippen LogP contribution in [0, 0.1) is 5.92 Å². The lowest BCUT2D eigenvalue weighted by molar-refractivity contribution is 0.0757. The summed E-state index contributed by atoms with van der Waals surface area (Å²) < 4.78 is 6.03. The predicted molar refractivity (Wildman–Crippen MR) is 94.0 cm³/mol. The first-order chi connectivity index (χ1) is 11.1. The largest absolute Gasteiger partial charge is 0.491 e. The zero-order chi connectivity index (χ0) is 16.7. The van der Waals surface area contributed by atoms with Crippen molar-refractivity contribution in [2.45, 2.75) is 46.1 Å². The first kappa shape index (κ1) is 17.8. The van der Waals surface area contributed by atoms with Crippen LogP contribution in [0.3, 0.4) is 0 Å². The Morgan fingerprint density at radius 3 is 2.78 bits per heavy atom. The Balaban J connectivity index is 2.23. The highest BCUT2D eigenvalue weighted by Gasteiger charge is 2.20. The number of amides is 1. The van der Waals surface area contributed by atoms with Crippen molar-refractivity contribution in [1.82, 2.24) is 10.2 Å². The summed E-state index contributed by atoms with van der Waals surface area (Å²) >= 11 is 0. The molecule has 128 valence electrons. The molecule has 0 aliphatic carbocycles. The highest BCUT2D eigenvalue weighted by Crippen LogP contribution is 2.21. The fourth-order valence-corrected chi connectivity index (χ4v) is 2.90. The van der Waals surface area contributed by atoms with Crippen molar-refractivity contribution in [3.8, 4) is 5.75 Å². The van der Waals surface area contributed by atoms with E-state index in [1.807, 2.05) is 36.1 Å². The molecule has 2 rings (SSSR count). The minimum absolute atomic E-state index is 0.0800. The molecule has 0 saturated carbocycles. The molecule has 1 atom stereocenters. The molecule has 1 aromatic rings. The molecule has 0 unspecified atom stereocenters. The van der Waals surface area contributed by atoms with Crippen LogP contribution in [0.15, 0.2) is 24.3 Å². The molecule has 4 nitrogen and oxygen atoms in total. The molecule has 0 radical (unpaired) electrons.